The zero-order valence-corrected chi connectivity index (χ0v) is 11.5. The maximum Gasteiger partial charge on any atom is 0.326 e. The molecule has 0 heterocycles. The fourth-order valence-corrected chi connectivity index (χ4v) is 2.84. The van der Waals surface area contributed by atoms with Crippen LogP contribution in [-0.4, -0.2) is 41.6 Å². The monoisotopic (exact) mass is 242 g/mol. The van der Waals surface area contributed by atoms with Crippen molar-refractivity contribution in [3.8, 4) is 0 Å². The highest BCUT2D eigenvalue weighted by Gasteiger charge is 2.45. The molecule has 0 bridgehead atoms. The van der Waals surface area contributed by atoms with Crippen LogP contribution >= 0.6 is 0 Å². The van der Waals surface area contributed by atoms with Gasteiger partial charge in [0.2, 0.25) is 0 Å². The molecule has 0 saturated heterocycles. The van der Waals surface area contributed by atoms with Crippen LogP contribution in [0.1, 0.15) is 47.0 Å². The number of nitrogens with two attached hydrogens (primary N) is 1. The summed E-state index contributed by atoms with van der Waals surface area (Å²) in [6.45, 7) is 9.75. The van der Waals surface area contributed by atoms with Gasteiger partial charge in [-0.1, -0.05) is 6.92 Å². The molecule has 0 amide bonds. The fraction of sp³-hybridized carbons (Fsp3) is 0.923. The summed E-state index contributed by atoms with van der Waals surface area (Å²) >= 11 is 0. The van der Waals surface area contributed by atoms with Crippen LogP contribution in [0.3, 0.4) is 0 Å². The molecular formula is C13H26N2O2. The molecule has 0 radical (unpaired) electrons. The lowest BCUT2D eigenvalue weighted by atomic mass is 9.99. The third kappa shape index (κ3) is 3.19. The normalized spacial score (nSPS) is 29.0. The van der Waals surface area contributed by atoms with Crippen LogP contribution in [-0.2, 0) is 9.53 Å². The number of ether oxygens (including phenoxy) is 1. The van der Waals surface area contributed by atoms with Gasteiger partial charge < -0.3 is 10.5 Å². The van der Waals surface area contributed by atoms with Crippen LogP contribution < -0.4 is 5.73 Å². The average molecular weight is 242 g/mol. The summed E-state index contributed by atoms with van der Waals surface area (Å²) in [5.74, 6) is -0.234. The molecule has 2 atom stereocenters. The molecule has 2 unspecified atom stereocenters. The van der Waals surface area contributed by atoms with Gasteiger partial charge >= 0.3 is 5.97 Å². The van der Waals surface area contributed by atoms with E-state index in [-0.39, 0.29) is 5.97 Å². The lowest BCUT2D eigenvalue weighted by Gasteiger charge is -2.32. The Morgan fingerprint density at radius 3 is 2.65 bits per heavy atom. The first kappa shape index (κ1) is 14.5. The highest BCUT2D eigenvalue weighted by molar-refractivity contribution is 5.81. The zero-order chi connectivity index (χ0) is 13.1. The van der Waals surface area contributed by atoms with Gasteiger partial charge in [0.25, 0.3) is 0 Å². The molecule has 100 valence electrons. The van der Waals surface area contributed by atoms with E-state index in [1.54, 1.807) is 0 Å². The molecule has 2 N–H and O–H groups in total. The van der Waals surface area contributed by atoms with Gasteiger partial charge in [0, 0.05) is 12.1 Å². The third-order valence-corrected chi connectivity index (χ3v) is 3.70. The molecule has 0 aromatic rings. The highest BCUT2D eigenvalue weighted by atomic mass is 16.5. The van der Waals surface area contributed by atoms with Crippen molar-refractivity contribution < 1.29 is 9.53 Å². The van der Waals surface area contributed by atoms with E-state index >= 15 is 0 Å². The standard InChI is InChI=1S/C13H26N2O2/c1-5-15(10(3)4)11-7-8-13(14,9-11)12(16)17-6-2/h10-11H,5-9,14H2,1-4H3. The summed E-state index contributed by atoms with van der Waals surface area (Å²) in [6, 6.07) is 0.906. The smallest absolute Gasteiger partial charge is 0.326 e. The van der Waals surface area contributed by atoms with Gasteiger partial charge in [-0.25, -0.2) is 0 Å². The van der Waals surface area contributed by atoms with E-state index in [9.17, 15) is 4.79 Å². The Bertz CT molecular complexity index is 268. The maximum atomic E-state index is 11.8. The minimum absolute atomic E-state index is 0.234. The van der Waals surface area contributed by atoms with Crippen molar-refractivity contribution in [2.45, 2.75) is 64.6 Å². The van der Waals surface area contributed by atoms with Crippen molar-refractivity contribution in [2.75, 3.05) is 13.2 Å². The number of hydrogen-bond acceptors (Lipinski definition) is 4. The zero-order valence-electron chi connectivity index (χ0n) is 11.5. The van der Waals surface area contributed by atoms with Gasteiger partial charge in [0.15, 0.2) is 0 Å². The Labute approximate surface area is 104 Å². The average Bonchev–Trinajstić information content (AvgIpc) is 2.63. The summed E-state index contributed by atoms with van der Waals surface area (Å²) in [5.41, 5.74) is 5.41. The van der Waals surface area contributed by atoms with E-state index < -0.39 is 5.54 Å². The van der Waals surface area contributed by atoms with Crippen molar-refractivity contribution in [2.24, 2.45) is 5.73 Å². The third-order valence-electron chi connectivity index (χ3n) is 3.70. The fourth-order valence-electron chi connectivity index (χ4n) is 2.84. The van der Waals surface area contributed by atoms with E-state index in [1.807, 2.05) is 6.92 Å². The second kappa shape index (κ2) is 5.83. The van der Waals surface area contributed by atoms with Gasteiger partial charge in [-0.15, -0.1) is 0 Å². The van der Waals surface area contributed by atoms with Gasteiger partial charge in [0.05, 0.1) is 6.61 Å². The lowest BCUT2D eigenvalue weighted by Crippen LogP contribution is -2.49. The molecule has 4 nitrogen and oxygen atoms in total. The Morgan fingerprint density at radius 2 is 2.18 bits per heavy atom. The van der Waals surface area contributed by atoms with E-state index in [1.165, 1.54) is 0 Å². The summed E-state index contributed by atoms with van der Waals surface area (Å²) < 4.78 is 5.07. The molecule has 0 aliphatic heterocycles. The van der Waals surface area contributed by atoms with Crippen LogP contribution in [0.15, 0.2) is 0 Å². The van der Waals surface area contributed by atoms with E-state index in [4.69, 9.17) is 10.5 Å². The molecule has 1 fully saturated rings. The molecular weight excluding hydrogens is 216 g/mol. The van der Waals surface area contributed by atoms with Crippen molar-refractivity contribution in [3.05, 3.63) is 0 Å². The molecule has 0 aromatic carbocycles. The predicted octanol–water partition coefficient (Wildman–Crippen LogP) is 1.53. The molecule has 0 spiro atoms. The lowest BCUT2D eigenvalue weighted by molar-refractivity contribution is -0.149. The largest absolute Gasteiger partial charge is 0.465 e. The van der Waals surface area contributed by atoms with E-state index in [2.05, 4.69) is 25.7 Å². The Morgan fingerprint density at radius 1 is 1.53 bits per heavy atom. The van der Waals surface area contributed by atoms with Gasteiger partial charge in [-0.3, -0.25) is 9.69 Å². The first-order valence-corrected chi connectivity index (χ1v) is 6.66. The summed E-state index contributed by atoms with van der Waals surface area (Å²) in [4.78, 5) is 14.2. The molecule has 0 aromatic heterocycles. The number of hydrogen-bond donors (Lipinski definition) is 1. The molecule has 1 aliphatic carbocycles. The first-order valence-electron chi connectivity index (χ1n) is 6.66. The van der Waals surface area contributed by atoms with Gasteiger partial charge in [-0.2, -0.15) is 0 Å². The molecule has 17 heavy (non-hydrogen) atoms. The molecule has 1 aliphatic rings. The van der Waals surface area contributed by atoms with Gasteiger partial charge in [0.1, 0.15) is 5.54 Å². The second-order valence-corrected chi connectivity index (χ2v) is 5.20. The quantitative estimate of drug-likeness (QED) is 0.743. The van der Waals surface area contributed by atoms with Crippen LogP contribution in [0.5, 0.6) is 0 Å². The van der Waals surface area contributed by atoms with Crippen LogP contribution in [0.2, 0.25) is 0 Å². The minimum atomic E-state index is -0.761. The van der Waals surface area contributed by atoms with E-state index in [0.29, 0.717) is 18.7 Å². The maximum absolute atomic E-state index is 11.8. The summed E-state index contributed by atoms with van der Waals surface area (Å²) in [7, 11) is 0. The van der Waals surface area contributed by atoms with Crippen molar-refractivity contribution in [1.82, 2.24) is 4.90 Å². The Balaban J connectivity index is 2.65. The highest BCUT2D eigenvalue weighted by Crippen LogP contribution is 2.33. The van der Waals surface area contributed by atoms with Crippen molar-refractivity contribution in [1.29, 1.82) is 0 Å². The molecule has 4 heteroatoms. The van der Waals surface area contributed by atoms with Crippen molar-refractivity contribution in [3.63, 3.8) is 0 Å². The van der Waals surface area contributed by atoms with Gasteiger partial charge in [-0.05, 0) is 46.6 Å². The summed E-state index contributed by atoms with van der Waals surface area (Å²) in [5, 5.41) is 0. The number of carbonyl (C=O) groups excluding carboxylic acids is 1. The van der Waals surface area contributed by atoms with Crippen LogP contribution in [0.4, 0.5) is 0 Å². The number of esters is 1. The molecule has 1 saturated carbocycles. The number of nitrogens with zero attached hydrogens (tertiary/aromatic N) is 1. The summed E-state index contributed by atoms with van der Waals surface area (Å²) in [6.07, 6.45) is 2.44. The van der Waals surface area contributed by atoms with Crippen molar-refractivity contribution >= 4 is 5.97 Å². The Hall–Kier alpha value is -0.610. The number of carbonyl (C=O) groups is 1. The number of rotatable bonds is 5. The Kier molecular flexibility index (Phi) is 4.95. The predicted molar refractivity (Wildman–Crippen MR) is 68.7 cm³/mol. The molecule has 1 rings (SSSR count). The topological polar surface area (TPSA) is 55.6 Å². The van der Waals surface area contributed by atoms with E-state index in [0.717, 1.165) is 25.8 Å². The minimum Gasteiger partial charge on any atom is -0.465 e. The SMILES string of the molecule is CCOC(=O)C1(N)CCC(N(CC)C(C)C)C1. The second-order valence-electron chi connectivity index (χ2n) is 5.20. The first-order chi connectivity index (χ1) is 7.94. The van der Waals surface area contributed by atoms with Crippen LogP contribution in [0, 0.1) is 0 Å². The van der Waals surface area contributed by atoms with Crippen LogP contribution in [0.25, 0.3) is 0 Å².